The Morgan fingerprint density at radius 1 is 1.52 bits per heavy atom. The van der Waals surface area contributed by atoms with Gasteiger partial charge in [0.15, 0.2) is 11.6 Å². The highest BCUT2D eigenvalue weighted by Gasteiger charge is 2.09. The third-order valence-corrected chi connectivity index (χ3v) is 2.42. The van der Waals surface area contributed by atoms with E-state index in [2.05, 4.69) is 25.3 Å². The maximum atomic E-state index is 10.2. The van der Waals surface area contributed by atoms with E-state index in [9.17, 15) is 4.79 Å². The van der Waals surface area contributed by atoms with Crippen LogP contribution >= 0.6 is 0 Å². The summed E-state index contributed by atoms with van der Waals surface area (Å²) in [5.41, 5.74) is 11.8. The minimum Gasteiger partial charge on any atom is -0.480 e. The second kappa shape index (κ2) is 8.43. The van der Waals surface area contributed by atoms with E-state index in [1.54, 1.807) is 12.5 Å². The smallest absolute Gasteiger partial charge is 0.320 e. The molecule has 2 heterocycles. The molecule has 0 saturated heterocycles. The Hall–Kier alpha value is -2.75. The van der Waals surface area contributed by atoms with Crippen LogP contribution in [0.25, 0.3) is 11.2 Å². The van der Waals surface area contributed by atoms with Gasteiger partial charge >= 0.3 is 5.97 Å². The molecule has 0 spiro atoms. The van der Waals surface area contributed by atoms with Crippen molar-refractivity contribution in [2.75, 3.05) is 6.54 Å². The van der Waals surface area contributed by atoms with Crippen molar-refractivity contribution in [2.45, 2.75) is 18.9 Å². The summed E-state index contributed by atoms with van der Waals surface area (Å²) in [5.74, 6) is -1.11. The van der Waals surface area contributed by atoms with E-state index >= 15 is 0 Å². The lowest BCUT2D eigenvalue weighted by Gasteiger charge is -2.06. The van der Waals surface area contributed by atoms with Crippen molar-refractivity contribution < 1.29 is 9.90 Å². The Labute approximate surface area is 120 Å². The summed E-state index contributed by atoms with van der Waals surface area (Å²) in [6.07, 6.45) is 5.74. The van der Waals surface area contributed by atoms with Crippen LogP contribution in [0.5, 0.6) is 0 Å². The number of hydrogen-bond donors (Lipinski definition) is 6. The highest BCUT2D eigenvalue weighted by Crippen LogP contribution is 1.99. The van der Waals surface area contributed by atoms with Gasteiger partial charge in [-0.2, -0.15) is 0 Å². The number of aromatic nitrogens is 4. The lowest BCUT2D eigenvalue weighted by molar-refractivity contribution is -0.138. The van der Waals surface area contributed by atoms with Crippen LogP contribution in [0.4, 0.5) is 0 Å². The monoisotopic (exact) mass is 294 g/mol. The fourth-order valence-corrected chi connectivity index (χ4v) is 1.36. The summed E-state index contributed by atoms with van der Waals surface area (Å²) in [4.78, 5) is 24.7. The van der Waals surface area contributed by atoms with Crippen LogP contribution in [0.15, 0.2) is 18.9 Å². The fourth-order valence-electron chi connectivity index (χ4n) is 1.36. The average molecular weight is 294 g/mol. The first kappa shape index (κ1) is 16.3. The second-order valence-electron chi connectivity index (χ2n) is 4.09. The molecule has 2 aromatic rings. The number of aromatic amines is 1. The van der Waals surface area contributed by atoms with Gasteiger partial charge in [0.05, 0.1) is 12.5 Å². The molecule has 1 atom stereocenters. The molecule has 0 amide bonds. The lowest BCUT2D eigenvalue weighted by atomic mass is 10.2. The SMILES string of the molecule is N=C(N)NCCCC(N)C(=O)O.c1ncc2[nH]cnc2n1. The predicted octanol–water partition coefficient (Wildman–Crippen LogP) is -0.986. The molecule has 10 heteroatoms. The van der Waals surface area contributed by atoms with E-state index in [0.29, 0.717) is 25.0 Å². The zero-order chi connectivity index (χ0) is 15.7. The molecular formula is C11H18N8O2. The van der Waals surface area contributed by atoms with Crippen molar-refractivity contribution in [2.24, 2.45) is 11.5 Å². The number of hydrogen-bond acceptors (Lipinski definition) is 6. The molecule has 0 radical (unpaired) electrons. The fraction of sp³-hybridized carbons (Fsp3) is 0.364. The van der Waals surface area contributed by atoms with Gasteiger partial charge < -0.3 is 26.9 Å². The quantitative estimate of drug-likeness (QED) is 0.231. The number of guanidine groups is 1. The van der Waals surface area contributed by atoms with Gasteiger partial charge in [0.25, 0.3) is 0 Å². The molecule has 0 bridgehead atoms. The maximum Gasteiger partial charge on any atom is 0.320 e. The van der Waals surface area contributed by atoms with E-state index < -0.39 is 12.0 Å². The molecule has 114 valence electrons. The van der Waals surface area contributed by atoms with E-state index in [1.165, 1.54) is 6.33 Å². The Morgan fingerprint density at radius 3 is 2.90 bits per heavy atom. The molecule has 0 aliphatic carbocycles. The van der Waals surface area contributed by atoms with Crippen molar-refractivity contribution in [1.29, 1.82) is 5.41 Å². The molecule has 10 nitrogen and oxygen atoms in total. The van der Waals surface area contributed by atoms with Gasteiger partial charge in [-0.1, -0.05) is 0 Å². The Balaban J connectivity index is 0.000000216. The zero-order valence-corrected chi connectivity index (χ0v) is 11.3. The van der Waals surface area contributed by atoms with Crippen LogP contribution < -0.4 is 16.8 Å². The van der Waals surface area contributed by atoms with E-state index in [0.717, 1.165) is 5.52 Å². The number of H-pyrrole nitrogens is 1. The van der Waals surface area contributed by atoms with Gasteiger partial charge in [-0.3, -0.25) is 10.2 Å². The molecule has 1 unspecified atom stereocenters. The summed E-state index contributed by atoms with van der Waals surface area (Å²) < 4.78 is 0. The van der Waals surface area contributed by atoms with Crippen molar-refractivity contribution >= 4 is 23.1 Å². The standard InChI is InChI=1S/C6H14N4O2.C5H4N4/c7-4(5(11)12)2-1-3-10-6(8)9;1-4-5(8-2-6-1)9-3-7-4/h4H,1-3,7H2,(H,11,12)(H4,8,9,10);1-3H,(H,6,7,8,9). The molecule has 0 saturated carbocycles. The molecule has 0 aliphatic heterocycles. The van der Waals surface area contributed by atoms with Gasteiger partial charge in [-0.15, -0.1) is 0 Å². The molecule has 2 rings (SSSR count). The number of rotatable bonds is 5. The van der Waals surface area contributed by atoms with Gasteiger partial charge in [0.2, 0.25) is 0 Å². The second-order valence-corrected chi connectivity index (χ2v) is 4.09. The third kappa shape index (κ3) is 6.29. The lowest BCUT2D eigenvalue weighted by Crippen LogP contribution is -2.34. The average Bonchev–Trinajstić information content (AvgIpc) is 2.92. The zero-order valence-electron chi connectivity index (χ0n) is 11.3. The van der Waals surface area contributed by atoms with Crippen LogP contribution in [0.3, 0.4) is 0 Å². The van der Waals surface area contributed by atoms with Gasteiger partial charge in [0, 0.05) is 6.54 Å². The van der Waals surface area contributed by atoms with Gasteiger partial charge in [0.1, 0.15) is 17.9 Å². The molecule has 8 N–H and O–H groups in total. The van der Waals surface area contributed by atoms with Crippen LogP contribution in [-0.4, -0.2) is 49.6 Å². The minimum absolute atomic E-state index is 0.112. The van der Waals surface area contributed by atoms with Crippen molar-refractivity contribution in [3.63, 3.8) is 0 Å². The van der Waals surface area contributed by atoms with E-state index in [4.69, 9.17) is 22.0 Å². The minimum atomic E-state index is -1.00. The highest BCUT2D eigenvalue weighted by molar-refractivity contribution is 5.74. The number of nitrogens with one attached hydrogen (secondary N) is 3. The molecule has 21 heavy (non-hydrogen) atoms. The summed E-state index contributed by atoms with van der Waals surface area (Å²) in [6, 6.07) is -0.821. The van der Waals surface area contributed by atoms with Crippen molar-refractivity contribution in [1.82, 2.24) is 25.3 Å². The van der Waals surface area contributed by atoms with Crippen LogP contribution in [0, 0.1) is 5.41 Å². The normalized spacial score (nSPS) is 11.3. The first-order chi connectivity index (χ1) is 10.0. The largest absolute Gasteiger partial charge is 0.480 e. The predicted molar refractivity (Wildman–Crippen MR) is 76.4 cm³/mol. The summed E-state index contributed by atoms with van der Waals surface area (Å²) in [7, 11) is 0. The third-order valence-electron chi connectivity index (χ3n) is 2.42. The van der Waals surface area contributed by atoms with Crippen molar-refractivity contribution in [3.8, 4) is 0 Å². The topological polar surface area (TPSA) is 180 Å². The first-order valence-corrected chi connectivity index (χ1v) is 6.16. The Kier molecular flexibility index (Phi) is 6.54. The number of imidazole rings is 1. The van der Waals surface area contributed by atoms with Gasteiger partial charge in [-0.25, -0.2) is 15.0 Å². The van der Waals surface area contributed by atoms with Crippen LogP contribution in [-0.2, 0) is 4.79 Å². The number of carbonyl (C=O) groups is 1. The molecule has 0 aliphatic rings. The number of carboxylic acid groups (broad SMARTS) is 1. The summed E-state index contributed by atoms with van der Waals surface area (Å²) >= 11 is 0. The molecular weight excluding hydrogens is 276 g/mol. The van der Waals surface area contributed by atoms with E-state index in [1.807, 2.05) is 0 Å². The summed E-state index contributed by atoms with van der Waals surface area (Å²) in [6.45, 7) is 0.482. The number of nitrogens with two attached hydrogens (primary N) is 2. The van der Waals surface area contributed by atoms with Crippen molar-refractivity contribution in [3.05, 3.63) is 18.9 Å². The summed E-state index contributed by atoms with van der Waals surface area (Å²) in [5, 5.41) is 17.7. The van der Waals surface area contributed by atoms with E-state index in [-0.39, 0.29) is 5.96 Å². The highest BCUT2D eigenvalue weighted by atomic mass is 16.4. The first-order valence-electron chi connectivity index (χ1n) is 6.16. The Bertz CT molecular complexity index is 554. The van der Waals surface area contributed by atoms with Crippen LogP contribution in [0.2, 0.25) is 0 Å². The Morgan fingerprint density at radius 2 is 2.29 bits per heavy atom. The number of fused-ring (bicyclic) bond motifs is 1. The van der Waals surface area contributed by atoms with Gasteiger partial charge in [-0.05, 0) is 12.8 Å². The maximum absolute atomic E-state index is 10.2. The van der Waals surface area contributed by atoms with Crippen LogP contribution in [0.1, 0.15) is 12.8 Å². The molecule has 0 fully saturated rings. The molecule has 0 aromatic carbocycles. The number of carboxylic acids is 1. The number of nitrogens with zero attached hydrogens (tertiary/aromatic N) is 3. The molecule has 2 aromatic heterocycles. The number of aliphatic carboxylic acids is 1.